The summed E-state index contributed by atoms with van der Waals surface area (Å²) in [4.78, 5) is 35.2. The lowest BCUT2D eigenvalue weighted by Gasteiger charge is -2.16. The number of thioether (sulfide) groups is 1. The highest BCUT2D eigenvalue weighted by Gasteiger charge is 2.34. The van der Waals surface area contributed by atoms with E-state index in [-0.39, 0.29) is 37.5 Å². The summed E-state index contributed by atoms with van der Waals surface area (Å²) in [5, 5.41) is 31.3. The number of hydrazine groups is 1. The van der Waals surface area contributed by atoms with Crippen LogP contribution in [0, 0.1) is 10.1 Å². The molecule has 0 bridgehead atoms. The molecule has 28 heavy (non-hydrogen) atoms. The number of carbonyl (C=O) groups excluding carboxylic acids is 2. The van der Waals surface area contributed by atoms with Gasteiger partial charge in [-0.05, 0) is 36.5 Å². The summed E-state index contributed by atoms with van der Waals surface area (Å²) >= 11 is 5.94. The molecule has 1 heterocycles. The predicted octanol–water partition coefficient (Wildman–Crippen LogP) is 2.55. The second-order valence-corrected chi connectivity index (χ2v) is 7.15. The van der Waals surface area contributed by atoms with Gasteiger partial charge >= 0.3 is 0 Å². The standard InChI is InChI=1S/C17H11N3O6S2/c21-12-6-5-10(20(25)26)7-9(12)8-14-16(24)19(17(27)28-14)18-15(23)11-3-1-2-4-13(11)22/h1-8,21-22H,(H,18,23). The third-order valence-electron chi connectivity index (χ3n) is 3.66. The van der Waals surface area contributed by atoms with Gasteiger partial charge in [0.15, 0.2) is 4.32 Å². The first-order valence-electron chi connectivity index (χ1n) is 7.62. The van der Waals surface area contributed by atoms with Gasteiger partial charge in [0.25, 0.3) is 17.5 Å². The van der Waals surface area contributed by atoms with Crippen LogP contribution < -0.4 is 5.43 Å². The summed E-state index contributed by atoms with van der Waals surface area (Å²) in [5.74, 6) is -1.94. The van der Waals surface area contributed by atoms with Crippen molar-refractivity contribution >= 4 is 51.9 Å². The van der Waals surface area contributed by atoms with E-state index in [0.29, 0.717) is 0 Å². The number of carbonyl (C=O) groups is 2. The topological polar surface area (TPSA) is 133 Å². The molecule has 1 saturated heterocycles. The van der Waals surface area contributed by atoms with Crippen molar-refractivity contribution in [1.82, 2.24) is 10.4 Å². The van der Waals surface area contributed by atoms with Gasteiger partial charge in [-0.3, -0.25) is 25.1 Å². The fourth-order valence-electron chi connectivity index (χ4n) is 2.30. The number of phenolic OH excluding ortho intramolecular Hbond substituents is 2. The van der Waals surface area contributed by atoms with Crippen LogP contribution in [-0.4, -0.2) is 36.3 Å². The zero-order chi connectivity index (χ0) is 20.4. The van der Waals surface area contributed by atoms with Crippen LogP contribution in [0.5, 0.6) is 11.5 Å². The van der Waals surface area contributed by atoms with E-state index in [4.69, 9.17) is 12.2 Å². The molecular formula is C17H11N3O6S2. The lowest BCUT2D eigenvalue weighted by molar-refractivity contribution is -0.384. The van der Waals surface area contributed by atoms with Gasteiger partial charge in [0.2, 0.25) is 0 Å². The maximum absolute atomic E-state index is 12.6. The predicted molar refractivity (Wildman–Crippen MR) is 105 cm³/mol. The minimum atomic E-state index is -0.742. The second kappa shape index (κ2) is 7.66. The third-order valence-corrected chi connectivity index (χ3v) is 4.97. The fraction of sp³-hybridized carbons (Fsp3) is 0. The number of rotatable bonds is 4. The number of non-ortho nitro benzene ring substituents is 1. The zero-order valence-corrected chi connectivity index (χ0v) is 15.5. The fourth-order valence-corrected chi connectivity index (χ4v) is 3.47. The Morgan fingerprint density at radius 1 is 1.21 bits per heavy atom. The van der Waals surface area contributed by atoms with Crippen molar-refractivity contribution in [1.29, 1.82) is 0 Å². The zero-order valence-electron chi connectivity index (χ0n) is 13.9. The number of amides is 2. The van der Waals surface area contributed by atoms with Crippen LogP contribution in [0.15, 0.2) is 47.4 Å². The van der Waals surface area contributed by atoms with E-state index in [1.54, 1.807) is 12.1 Å². The van der Waals surface area contributed by atoms with Crippen LogP contribution in [0.25, 0.3) is 6.08 Å². The van der Waals surface area contributed by atoms with Crippen molar-refractivity contribution in [2.45, 2.75) is 0 Å². The molecule has 2 aromatic carbocycles. The number of aromatic hydroxyl groups is 2. The van der Waals surface area contributed by atoms with Crippen molar-refractivity contribution in [3.63, 3.8) is 0 Å². The van der Waals surface area contributed by atoms with E-state index in [9.17, 15) is 29.9 Å². The van der Waals surface area contributed by atoms with Gasteiger partial charge in [0.1, 0.15) is 11.5 Å². The number of nitrogens with one attached hydrogen (secondary N) is 1. The molecular weight excluding hydrogens is 406 g/mol. The Hall–Kier alpha value is -3.44. The highest BCUT2D eigenvalue weighted by molar-refractivity contribution is 8.26. The number of hydrogen-bond acceptors (Lipinski definition) is 8. The first-order valence-corrected chi connectivity index (χ1v) is 8.84. The van der Waals surface area contributed by atoms with Gasteiger partial charge in [0.05, 0.1) is 15.4 Å². The maximum atomic E-state index is 12.6. The molecule has 3 rings (SSSR count). The molecule has 0 atom stereocenters. The Morgan fingerprint density at radius 2 is 1.93 bits per heavy atom. The Balaban J connectivity index is 1.85. The normalized spacial score (nSPS) is 15.1. The van der Waals surface area contributed by atoms with E-state index in [1.807, 2.05) is 0 Å². The summed E-state index contributed by atoms with van der Waals surface area (Å²) < 4.78 is 0.0185. The summed E-state index contributed by atoms with van der Waals surface area (Å²) in [7, 11) is 0. The lowest BCUT2D eigenvalue weighted by atomic mass is 10.1. The van der Waals surface area contributed by atoms with Crippen LogP contribution in [-0.2, 0) is 4.79 Å². The molecule has 2 amide bonds. The number of nitro benzene ring substituents is 1. The number of benzene rings is 2. The molecule has 142 valence electrons. The molecule has 0 spiro atoms. The number of thiocarbonyl (C=S) groups is 1. The van der Waals surface area contributed by atoms with Crippen LogP contribution >= 0.6 is 24.0 Å². The van der Waals surface area contributed by atoms with Crippen LogP contribution in [0.1, 0.15) is 15.9 Å². The summed E-state index contributed by atoms with van der Waals surface area (Å²) in [5.41, 5.74) is 2.06. The largest absolute Gasteiger partial charge is 0.507 e. The molecule has 3 N–H and O–H groups in total. The Bertz CT molecular complexity index is 1050. The number of phenols is 2. The van der Waals surface area contributed by atoms with Crippen molar-refractivity contribution < 1.29 is 24.7 Å². The highest BCUT2D eigenvalue weighted by atomic mass is 32.2. The number of para-hydroxylation sites is 1. The minimum Gasteiger partial charge on any atom is -0.507 e. The Kier molecular flexibility index (Phi) is 5.29. The molecule has 0 radical (unpaired) electrons. The van der Waals surface area contributed by atoms with Crippen molar-refractivity contribution in [2.75, 3.05) is 0 Å². The molecule has 0 saturated carbocycles. The van der Waals surface area contributed by atoms with Gasteiger partial charge in [-0.2, -0.15) is 5.01 Å². The average molecular weight is 417 g/mol. The van der Waals surface area contributed by atoms with E-state index in [2.05, 4.69) is 5.43 Å². The first kappa shape index (κ1) is 19.3. The number of hydrogen-bond donors (Lipinski definition) is 3. The molecule has 0 unspecified atom stereocenters. The van der Waals surface area contributed by atoms with E-state index >= 15 is 0 Å². The first-order chi connectivity index (χ1) is 13.3. The quantitative estimate of drug-likeness (QED) is 0.299. The number of nitrogens with zero attached hydrogens (tertiary/aromatic N) is 2. The van der Waals surface area contributed by atoms with Crippen molar-refractivity contribution in [2.24, 2.45) is 0 Å². The van der Waals surface area contributed by atoms with Gasteiger partial charge in [-0.25, -0.2) is 0 Å². The van der Waals surface area contributed by atoms with Gasteiger partial charge < -0.3 is 10.2 Å². The molecule has 1 aliphatic heterocycles. The molecule has 9 nitrogen and oxygen atoms in total. The molecule has 11 heteroatoms. The van der Waals surface area contributed by atoms with Crippen molar-refractivity contribution in [3.8, 4) is 11.5 Å². The summed E-state index contributed by atoms with van der Waals surface area (Å²) in [6, 6.07) is 9.17. The van der Waals surface area contributed by atoms with Crippen LogP contribution in [0.4, 0.5) is 5.69 Å². The maximum Gasteiger partial charge on any atom is 0.285 e. The minimum absolute atomic E-state index is 0.0185. The monoisotopic (exact) mass is 417 g/mol. The highest BCUT2D eigenvalue weighted by Crippen LogP contribution is 2.34. The van der Waals surface area contributed by atoms with Gasteiger partial charge in [0, 0.05) is 17.7 Å². The second-order valence-electron chi connectivity index (χ2n) is 5.48. The smallest absolute Gasteiger partial charge is 0.285 e. The molecule has 2 aromatic rings. The molecule has 0 aliphatic carbocycles. The summed E-state index contributed by atoms with van der Waals surface area (Å²) in [6.45, 7) is 0. The van der Waals surface area contributed by atoms with Crippen LogP contribution in [0.3, 0.4) is 0 Å². The SMILES string of the molecule is O=C(NN1C(=O)C(=Cc2cc([N+](=O)[O-])ccc2O)SC1=S)c1ccccc1O. The molecule has 0 aromatic heterocycles. The van der Waals surface area contributed by atoms with Gasteiger partial charge in [-0.15, -0.1) is 0 Å². The van der Waals surface area contributed by atoms with Crippen LogP contribution in [0.2, 0.25) is 0 Å². The number of nitro groups is 1. The van der Waals surface area contributed by atoms with Gasteiger partial charge in [-0.1, -0.05) is 23.9 Å². The van der Waals surface area contributed by atoms with E-state index in [0.717, 1.165) is 35.0 Å². The lowest BCUT2D eigenvalue weighted by Crippen LogP contribution is -2.44. The average Bonchev–Trinajstić information content (AvgIpc) is 2.91. The Morgan fingerprint density at radius 3 is 2.61 bits per heavy atom. The molecule has 1 fully saturated rings. The molecule has 1 aliphatic rings. The Labute approximate surface area is 167 Å². The van der Waals surface area contributed by atoms with E-state index < -0.39 is 16.7 Å². The third kappa shape index (κ3) is 3.80. The summed E-state index contributed by atoms with van der Waals surface area (Å²) in [6.07, 6.45) is 1.24. The van der Waals surface area contributed by atoms with E-state index in [1.165, 1.54) is 18.2 Å². The van der Waals surface area contributed by atoms with Crippen molar-refractivity contribution in [3.05, 3.63) is 68.6 Å².